The van der Waals surface area contributed by atoms with E-state index < -0.39 is 0 Å². The smallest absolute Gasteiger partial charge is 0.337 e. The second-order valence-corrected chi connectivity index (χ2v) is 11.0. The molecule has 1 saturated heterocycles. The van der Waals surface area contributed by atoms with E-state index in [-0.39, 0.29) is 30.4 Å². The maximum Gasteiger partial charge on any atom is 0.337 e. The van der Waals surface area contributed by atoms with Crippen molar-refractivity contribution in [1.29, 1.82) is 0 Å². The molecule has 9 heteroatoms. The Labute approximate surface area is 251 Å². The number of thiocarbonyl (C=S) groups is 1. The number of carbonyl (C=O) groups is 2. The number of aryl methyl sites for hydroxylation is 3. The summed E-state index contributed by atoms with van der Waals surface area (Å²) in [6.07, 6.45) is 2.04. The third-order valence-corrected chi connectivity index (χ3v) is 8.11. The van der Waals surface area contributed by atoms with Crippen LogP contribution in [0.1, 0.15) is 62.6 Å². The molecule has 1 fully saturated rings. The molecule has 1 aliphatic rings. The molecule has 8 nitrogen and oxygen atoms in total. The lowest BCUT2D eigenvalue weighted by Crippen LogP contribution is -2.33. The Balaban J connectivity index is 1.48. The highest BCUT2D eigenvalue weighted by Crippen LogP contribution is 2.41. The quantitative estimate of drug-likeness (QED) is 0.198. The summed E-state index contributed by atoms with van der Waals surface area (Å²) in [5.74, 6) is -0.456. The van der Waals surface area contributed by atoms with Crippen molar-refractivity contribution >= 4 is 34.9 Å². The molecule has 2 aromatic carbocycles. The number of nitrogens with zero attached hydrogens (tertiary/aromatic N) is 3. The Kier molecular flexibility index (Phi) is 8.40. The van der Waals surface area contributed by atoms with Gasteiger partial charge in [-0.2, -0.15) is 0 Å². The molecule has 216 valence electrons. The van der Waals surface area contributed by atoms with E-state index in [9.17, 15) is 9.59 Å². The van der Waals surface area contributed by atoms with Gasteiger partial charge in [-0.15, -0.1) is 0 Å². The van der Waals surface area contributed by atoms with Crippen LogP contribution in [0.5, 0.6) is 0 Å². The molecule has 2 atom stereocenters. The fraction of sp³-hybridized carbons (Fsp3) is 0.273. The third kappa shape index (κ3) is 5.78. The van der Waals surface area contributed by atoms with E-state index in [0.29, 0.717) is 17.2 Å². The summed E-state index contributed by atoms with van der Waals surface area (Å²) < 4.78 is 7.07. The number of amides is 1. The maximum atomic E-state index is 13.1. The number of ether oxygens (including phenoxy) is 1. The number of pyridine rings is 1. The van der Waals surface area contributed by atoms with Crippen molar-refractivity contribution in [1.82, 2.24) is 19.8 Å². The lowest BCUT2D eigenvalue weighted by molar-refractivity contribution is -0.116. The summed E-state index contributed by atoms with van der Waals surface area (Å²) in [6.45, 7) is 8.53. The summed E-state index contributed by atoms with van der Waals surface area (Å²) >= 11 is 5.85. The van der Waals surface area contributed by atoms with Gasteiger partial charge < -0.3 is 24.8 Å². The van der Waals surface area contributed by atoms with Gasteiger partial charge in [0.2, 0.25) is 5.91 Å². The zero-order valence-electron chi connectivity index (χ0n) is 24.5. The van der Waals surface area contributed by atoms with Crippen molar-refractivity contribution in [2.75, 3.05) is 19.0 Å². The monoisotopic (exact) mass is 581 g/mol. The number of rotatable bonds is 8. The molecule has 5 rings (SSSR count). The molecule has 0 radical (unpaired) electrons. The molecule has 0 saturated carbocycles. The lowest BCUT2D eigenvalue weighted by atomic mass is 9.96. The van der Waals surface area contributed by atoms with Crippen LogP contribution < -0.4 is 10.6 Å². The van der Waals surface area contributed by atoms with E-state index in [1.165, 1.54) is 7.11 Å². The van der Waals surface area contributed by atoms with Crippen LogP contribution >= 0.6 is 12.2 Å². The molecular weight excluding hydrogens is 546 g/mol. The zero-order valence-corrected chi connectivity index (χ0v) is 25.3. The summed E-state index contributed by atoms with van der Waals surface area (Å²) in [6, 6.07) is 21.0. The molecule has 1 aliphatic heterocycles. The van der Waals surface area contributed by atoms with Crippen LogP contribution in [0.2, 0.25) is 0 Å². The number of carbonyl (C=O) groups excluding carboxylic acids is 2. The summed E-state index contributed by atoms with van der Waals surface area (Å²) in [5.41, 5.74) is 8.22. The molecule has 2 aromatic heterocycles. The van der Waals surface area contributed by atoms with Crippen LogP contribution in [-0.2, 0) is 9.53 Å². The Morgan fingerprint density at radius 1 is 1.02 bits per heavy atom. The minimum absolute atomic E-state index is 0.0726. The number of aromatic nitrogens is 2. The largest absolute Gasteiger partial charge is 0.465 e. The van der Waals surface area contributed by atoms with Gasteiger partial charge in [0.1, 0.15) is 0 Å². The molecule has 0 bridgehead atoms. The van der Waals surface area contributed by atoms with Crippen molar-refractivity contribution in [2.45, 2.75) is 46.2 Å². The number of esters is 1. The van der Waals surface area contributed by atoms with E-state index in [4.69, 9.17) is 17.0 Å². The molecule has 3 heterocycles. The molecule has 0 unspecified atom stereocenters. The molecule has 1 amide bonds. The van der Waals surface area contributed by atoms with Gasteiger partial charge in [0.15, 0.2) is 5.11 Å². The van der Waals surface area contributed by atoms with Crippen molar-refractivity contribution in [3.63, 3.8) is 0 Å². The number of methoxy groups -OCH3 is 1. The minimum Gasteiger partial charge on any atom is -0.465 e. The second-order valence-electron chi connectivity index (χ2n) is 10.6. The Bertz CT molecular complexity index is 1650. The highest BCUT2D eigenvalue weighted by molar-refractivity contribution is 7.80. The first-order chi connectivity index (χ1) is 20.2. The van der Waals surface area contributed by atoms with E-state index >= 15 is 0 Å². The fourth-order valence-corrected chi connectivity index (χ4v) is 6.00. The van der Waals surface area contributed by atoms with Crippen molar-refractivity contribution in [2.24, 2.45) is 0 Å². The third-order valence-electron chi connectivity index (χ3n) is 7.76. The Hall–Kier alpha value is -4.50. The first-order valence-electron chi connectivity index (χ1n) is 13.9. The predicted molar refractivity (Wildman–Crippen MR) is 168 cm³/mol. The highest BCUT2D eigenvalue weighted by Gasteiger charge is 2.41. The Morgan fingerprint density at radius 3 is 2.57 bits per heavy atom. The van der Waals surface area contributed by atoms with E-state index in [1.54, 1.807) is 12.3 Å². The van der Waals surface area contributed by atoms with E-state index in [1.807, 2.05) is 75.4 Å². The summed E-state index contributed by atoms with van der Waals surface area (Å²) in [7, 11) is 1.38. The summed E-state index contributed by atoms with van der Waals surface area (Å²) in [4.78, 5) is 32.1. The Morgan fingerprint density at radius 2 is 1.83 bits per heavy atom. The van der Waals surface area contributed by atoms with Crippen LogP contribution in [0.3, 0.4) is 0 Å². The first kappa shape index (κ1) is 29.0. The van der Waals surface area contributed by atoms with Crippen LogP contribution in [0.25, 0.3) is 5.69 Å². The number of benzene rings is 2. The molecule has 0 aliphatic carbocycles. The van der Waals surface area contributed by atoms with Gasteiger partial charge in [-0.1, -0.05) is 24.3 Å². The van der Waals surface area contributed by atoms with Crippen LogP contribution in [0, 0.1) is 27.7 Å². The van der Waals surface area contributed by atoms with Crippen molar-refractivity contribution < 1.29 is 14.3 Å². The molecule has 0 spiro atoms. The van der Waals surface area contributed by atoms with Gasteiger partial charge in [-0.3, -0.25) is 9.78 Å². The van der Waals surface area contributed by atoms with E-state index in [0.717, 1.165) is 45.1 Å². The average molecular weight is 582 g/mol. The first-order valence-corrected chi connectivity index (χ1v) is 14.3. The zero-order chi connectivity index (χ0) is 30.0. The molecular formula is C33H35N5O3S. The van der Waals surface area contributed by atoms with Gasteiger partial charge in [0.05, 0.1) is 30.5 Å². The molecule has 42 heavy (non-hydrogen) atoms. The standard InChI is InChI=1S/C33H35N5O3S/c1-20-12-13-21(2)28(17-20)35-29(39)14-16-37-31(30(36-33(37)42)27-11-6-7-15-34-27)26-18-22(3)38(23(26)4)25-10-8-9-24(19-25)32(40)41-5/h6-13,15,17-19,30-31H,14,16H2,1-5H3,(H,35,39)(H,36,42)/t30-,31-/m1/s1. The lowest BCUT2D eigenvalue weighted by Gasteiger charge is -2.28. The van der Waals surface area contributed by atoms with Crippen LogP contribution in [0.15, 0.2) is 72.9 Å². The number of hydrogen-bond donors (Lipinski definition) is 2. The van der Waals surface area contributed by atoms with Crippen molar-refractivity contribution in [3.8, 4) is 5.69 Å². The van der Waals surface area contributed by atoms with Gasteiger partial charge in [0, 0.05) is 41.9 Å². The SMILES string of the molecule is COC(=O)c1cccc(-n2c(C)cc([C@@H]3[C@@H](c4ccccn4)NC(=S)N3CCC(=O)Nc3cc(C)ccc3C)c2C)c1. The maximum absolute atomic E-state index is 13.1. The normalized spacial score (nSPS) is 16.3. The van der Waals surface area contributed by atoms with Gasteiger partial charge in [-0.25, -0.2) is 4.79 Å². The minimum atomic E-state index is -0.384. The topological polar surface area (TPSA) is 88.5 Å². The molecule has 4 aromatic rings. The second kappa shape index (κ2) is 12.2. The van der Waals surface area contributed by atoms with Crippen molar-refractivity contribution in [3.05, 3.63) is 112 Å². The van der Waals surface area contributed by atoms with Gasteiger partial charge >= 0.3 is 5.97 Å². The fourth-order valence-electron chi connectivity index (χ4n) is 5.66. The van der Waals surface area contributed by atoms with Gasteiger partial charge in [0.25, 0.3) is 0 Å². The van der Waals surface area contributed by atoms with Gasteiger partial charge in [-0.05, 0) is 99.1 Å². The predicted octanol–water partition coefficient (Wildman–Crippen LogP) is 5.89. The average Bonchev–Trinajstić information content (AvgIpc) is 3.47. The molecule has 2 N–H and O–H groups in total. The van der Waals surface area contributed by atoms with Crippen LogP contribution in [-0.4, -0.2) is 45.1 Å². The van der Waals surface area contributed by atoms with Crippen LogP contribution in [0.4, 0.5) is 5.69 Å². The van der Waals surface area contributed by atoms with E-state index in [2.05, 4.69) is 38.1 Å². The number of anilines is 1. The number of nitrogens with one attached hydrogen (secondary N) is 2. The summed E-state index contributed by atoms with van der Waals surface area (Å²) in [5, 5.41) is 7.12. The number of hydrogen-bond acceptors (Lipinski definition) is 5. The highest BCUT2D eigenvalue weighted by atomic mass is 32.1.